The van der Waals surface area contributed by atoms with Crippen molar-refractivity contribution in [1.82, 2.24) is 5.32 Å². The minimum absolute atomic E-state index is 0.00995. The van der Waals surface area contributed by atoms with Gasteiger partial charge in [0.1, 0.15) is 23.5 Å². The summed E-state index contributed by atoms with van der Waals surface area (Å²) in [5.41, 5.74) is 0.905. The molecular formula is C19H17NO4. The van der Waals surface area contributed by atoms with Crippen LogP contribution in [0.15, 0.2) is 63.8 Å². The zero-order valence-corrected chi connectivity index (χ0v) is 13.2. The number of hydrogen-bond donors (Lipinski definition) is 1. The van der Waals surface area contributed by atoms with Crippen LogP contribution in [-0.2, 0) is 0 Å². The fraction of sp³-hybridized carbons (Fsp3) is 0.158. The van der Waals surface area contributed by atoms with Gasteiger partial charge in [-0.05, 0) is 36.8 Å². The largest absolute Gasteiger partial charge is 0.492 e. The highest BCUT2D eigenvalue weighted by Gasteiger charge is 2.13. The molecule has 1 amide bonds. The molecular weight excluding hydrogens is 306 g/mol. The molecule has 3 aromatic rings. The maximum Gasteiger partial charge on any atom is 0.349 e. The van der Waals surface area contributed by atoms with Gasteiger partial charge < -0.3 is 14.5 Å². The third-order valence-corrected chi connectivity index (χ3v) is 3.53. The number of carbonyl (C=O) groups is 1. The maximum absolute atomic E-state index is 12.1. The van der Waals surface area contributed by atoms with Gasteiger partial charge in [-0.2, -0.15) is 0 Å². The highest BCUT2D eigenvalue weighted by molar-refractivity contribution is 5.96. The summed E-state index contributed by atoms with van der Waals surface area (Å²) in [6.07, 6.45) is 0. The number of benzene rings is 2. The Bertz CT molecular complexity index is 930. The Morgan fingerprint density at radius 3 is 2.79 bits per heavy atom. The molecule has 0 radical (unpaired) electrons. The lowest BCUT2D eigenvalue weighted by Gasteiger charge is -2.08. The van der Waals surface area contributed by atoms with E-state index in [1.54, 1.807) is 18.2 Å². The zero-order valence-electron chi connectivity index (χ0n) is 13.2. The summed E-state index contributed by atoms with van der Waals surface area (Å²) in [7, 11) is 0. The van der Waals surface area contributed by atoms with Crippen molar-refractivity contribution in [3.05, 3.63) is 76.1 Å². The van der Waals surface area contributed by atoms with Gasteiger partial charge in [-0.1, -0.05) is 30.3 Å². The van der Waals surface area contributed by atoms with E-state index < -0.39 is 11.5 Å². The average molecular weight is 323 g/mol. The van der Waals surface area contributed by atoms with Gasteiger partial charge in [-0.15, -0.1) is 0 Å². The molecule has 3 rings (SSSR count). The standard InChI is InChI=1S/C19H17NO4/c1-13-5-4-7-15(11-13)23-10-9-20-18(21)16-12-14-6-2-3-8-17(14)24-19(16)22/h2-8,11-12H,9-10H2,1H3,(H,20,21). The van der Waals surface area contributed by atoms with Crippen molar-refractivity contribution < 1.29 is 13.9 Å². The van der Waals surface area contributed by atoms with Crippen LogP contribution < -0.4 is 15.7 Å². The van der Waals surface area contributed by atoms with Gasteiger partial charge in [-0.3, -0.25) is 4.79 Å². The van der Waals surface area contributed by atoms with Gasteiger partial charge in [-0.25, -0.2) is 4.79 Å². The van der Waals surface area contributed by atoms with Crippen molar-refractivity contribution in [3.63, 3.8) is 0 Å². The normalized spacial score (nSPS) is 10.5. The van der Waals surface area contributed by atoms with Crippen molar-refractivity contribution >= 4 is 16.9 Å². The Balaban J connectivity index is 1.61. The first kappa shape index (κ1) is 15.8. The van der Waals surface area contributed by atoms with E-state index in [0.717, 1.165) is 11.3 Å². The van der Waals surface area contributed by atoms with Gasteiger partial charge in [0.15, 0.2) is 0 Å². The summed E-state index contributed by atoms with van der Waals surface area (Å²) in [6, 6.07) is 16.3. The van der Waals surface area contributed by atoms with E-state index >= 15 is 0 Å². The molecule has 122 valence electrons. The summed E-state index contributed by atoms with van der Waals surface area (Å²) < 4.78 is 10.7. The third-order valence-electron chi connectivity index (χ3n) is 3.53. The van der Waals surface area contributed by atoms with Crippen LogP contribution in [0.25, 0.3) is 11.0 Å². The first-order chi connectivity index (χ1) is 11.6. The molecule has 0 atom stereocenters. The molecule has 0 spiro atoms. The number of hydrogen-bond acceptors (Lipinski definition) is 4. The molecule has 0 saturated carbocycles. The number of nitrogens with one attached hydrogen (secondary N) is 1. The molecule has 0 saturated heterocycles. The molecule has 0 unspecified atom stereocenters. The monoisotopic (exact) mass is 323 g/mol. The predicted octanol–water partition coefficient (Wildman–Crippen LogP) is 2.91. The number of fused-ring (bicyclic) bond motifs is 1. The second kappa shape index (κ2) is 7.00. The Hall–Kier alpha value is -3.08. The topological polar surface area (TPSA) is 68.5 Å². The molecule has 1 heterocycles. The second-order valence-corrected chi connectivity index (χ2v) is 5.41. The van der Waals surface area contributed by atoms with Gasteiger partial charge in [0.05, 0.1) is 6.54 Å². The van der Waals surface area contributed by atoms with Gasteiger partial charge in [0, 0.05) is 5.39 Å². The van der Waals surface area contributed by atoms with E-state index in [1.807, 2.05) is 37.3 Å². The zero-order chi connectivity index (χ0) is 16.9. The minimum atomic E-state index is -0.647. The lowest BCUT2D eigenvalue weighted by atomic mass is 10.2. The number of rotatable bonds is 5. The molecule has 5 nitrogen and oxygen atoms in total. The van der Waals surface area contributed by atoms with E-state index in [4.69, 9.17) is 9.15 Å². The molecule has 1 aromatic heterocycles. The van der Waals surface area contributed by atoms with E-state index in [0.29, 0.717) is 24.1 Å². The average Bonchev–Trinajstić information content (AvgIpc) is 2.58. The van der Waals surface area contributed by atoms with Crippen LogP contribution in [0, 0.1) is 6.92 Å². The van der Waals surface area contributed by atoms with Crippen LogP contribution in [0.5, 0.6) is 5.75 Å². The number of carbonyl (C=O) groups excluding carboxylic acids is 1. The van der Waals surface area contributed by atoms with Crippen LogP contribution in [0.2, 0.25) is 0 Å². The summed E-state index contributed by atoms with van der Waals surface area (Å²) in [5, 5.41) is 3.37. The van der Waals surface area contributed by atoms with Crippen LogP contribution in [0.3, 0.4) is 0 Å². The fourth-order valence-corrected chi connectivity index (χ4v) is 2.35. The van der Waals surface area contributed by atoms with Crippen molar-refractivity contribution in [1.29, 1.82) is 0 Å². The lowest BCUT2D eigenvalue weighted by Crippen LogP contribution is -2.31. The molecule has 5 heteroatoms. The van der Waals surface area contributed by atoms with Crippen molar-refractivity contribution in [2.75, 3.05) is 13.2 Å². The summed E-state index contributed by atoms with van der Waals surface area (Å²) in [4.78, 5) is 24.1. The molecule has 0 aliphatic heterocycles. The molecule has 1 N–H and O–H groups in total. The number of aryl methyl sites for hydroxylation is 1. The van der Waals surface area contributed by atoms with E-state index in [9.17, 15) is 9.59 Å². The summed E-state index contributed by atoms with van der Waals surface area (Å²) in [5.74, 6) is 0.275. The van der Waals surface area contributed by atoms with Gasteiger partial charge in [0.2, 0.25) is 0 Å². The molecule has 2 aromatic carbocycles. The number of amides is 1. The Kier molecular flexibility index (Phi) is 4.61. The minimum Gasteiger partial charge on any atom is -0.492 e. The van der Waals surface area contributed by atoms with E-state index in [1.165, 1.54) is 6.07 Å². The smallest absolute Gasteiger partial charge is 0.349 e. The van der Waals surface area contributed by atoms with Crippen molar-refractivity contribution in [3.8, 4) is 5.75 Å². The quantitative estimate of drug-likeness (QED) is 0.579. The lowest BCUT2D eigenvalue weighted by molar-refractivity contribution is 0.0943. The van der Waals surface area contributed by atoms with Crippen LogP contribution in [-0.4, -0.2) is 19.1 Å². The van der Waals surface area contributed by atoms with Crippen LogP contribution in [0.4, 0.5) is 0 Å². The Morgan fingerprint density at radius 2 is 1.96 bits per heavy atom. The summed E-state index contributed by atoms with van der Waals surface area (Å²) in [6.45, 7) is 2.58. The van der Waals surface area contributed by atoms with Crippen molar-refractivity contribution in [2.24, 2.45) is 0 Å². The number of para-hydroxylation sites is 1. The van der Waals surface area contributed by atoms with Crippen LogP contribution in [0.1, 0.15) is 15.9 Å². The summed E-state index contributed by atoms with van der Waals surface area (Å²) >= 11 is 0. The Labute approximate surface area is 138 Å². The first-order valence-corrected chi connectivity index (χ1v) is 7.64. The van der Waals surface area contributed by atoms with Gasteiger partial charge >= 0.3 is 5.63 Å². The van der Waals surface area contributed by atoms with Gasteiger partial charge in [0.25, 0.3) is 5.91 Å². The SMILES string of the molecule is Cc1cccc(OCCNC(=O)c2cc3ccccc3oc2=O)c1. The predicted molar refractivity (Wildman–Crippen MR) is 91.5 cm³/mol. The Morgan fingerprint density at radius 1 is 1.12 bits per heavy atom. The molecule has 0 aliphatic carbocycles. The first-order valence-electron chi connectivity index (χ1n) is 7.64. The van der Waals surface area contributed by atoms with Crippen LogP contribution >= 0.6 is 0 Å². The molecule has 0 fully saturated rings. The highest BCUT2D eigenvalue weighted by Crippen LogP contribution is 2.13. The molecule has 24 heavy (non-hydrogen) atoms. The van der Waals surface area contributed by atoms with E-state index in [2.05, 4.69) is 5.32 Å². The maximum atomic E-state index is 12.1. The third kappa shape index (κ3) is 3.63. The van der Waals surface area contributed by atoms with Crippen molar-refractivity contribution in [2.45, 2.75) is 6.92 Å². The van der Waals surface area contributed by atoms with E-state index in [-0.39, 0.29) is 5.56 Å². The second-order valence-electron chi connectivity index (χ2n) is 5.41. The highest BCUT2D eigenvalue weighted by atomic mass is 16.5. The fourth-order valence-electron chi connectivity index (χ4n) is 2.35. The molecule has 0 bridgehead atoms. The molecule has 0 aliphatic rings. The number of ether oxygens (including phenoxy) is 1.